The van der Waals surface area contributed by atoms with Gasteiger partial charge in [0, 0.05) is 19.6 Å². The van der Waals surface area contributed by atoms with Gasteiger partial charge >= 0.3 is 6.03 Å². The Balaban J connectivity index is 1.40. The van der Waals surface area contributed by atoms with Crippen LogP contribution < -0.4 is 15.5 Å². The molecule has 0 saturated heterocycles. The van der Waals surface area contributed by atoms with Crippen LogP contribution in [-0.4, -0.2) is 40.6 Å². The van der Waals surface area contributed by atoms with Crippen molar-refractivity contribution < 1.29 is 9.59 Å². The zero-order chi connectivity index (χ0) is 21.8. The van der Waals surface area contributed by atoms with Crippen molar-refractivity contribution in [1.82, 2.24) is 20.2 Å². The Morgan fingerprint density at radius 3 is 2.81 bits per heavy atom. The molecule has 2 N–H and O–H groups in total. The Hall–Kier alpha value is -2.83. The number of hydrogen-bond acceptors (Lipinski definition) is 3. The number of imidazole rings is 1. The molecule has 2 atom stereocenters. The number of rotatable bonds is 7. The molecule has 0 saturated carbocycles. The molecule has 3 amide bonds. The highest BCUT2D eigenvalue weighted by Crippen LogP contribution is 2.27. The van der Waals surface area contributed by atoms with Gasteiger partial charge in [-0.1, -0.05) is 44.1 Å². The van der Waals surface area contributed by atoms with Crippen molar-refractivity contribution in [2.75, 3.05) is 18.0 Å². The van der Waals surface area contributed by atoms with Crippen molar-refractivity contribution in [1.29, 1.82) is 0 Å². The van der Waals surface area contributed by atoms with Gasteiger partial charge in [-0.05, 0) is 50.2 Å². The summed E-state index contributed by atoms with van der Waals surface area (Å²) in [6.07, 6.45) is 8.80. The van der Waals surface area contributed by atoms with E-state index in [1.807, 2.05) is 38.1 Å². The predicted octanol–water partition coefficient (Wildman–Crippen LogP) is 3.99. The third-order valence-electron chi connectivity index (χ3n) is 6.57. The minimum absolute atomic E-state index is 0.0410. The van der Waals surface area contributed by atoms with Crippen molar-refractivity contribution in [3.05, 3.63) is 35.9 Å². The first kappa shape index (κ1) is 21.4. The number of urea groups is 1. The second-order valence-corrected chi connectivity index (χ2v) is 8.67. The van der Waals surface area contributed by atoms with E-state index in [1.54, 1.807) is 4.90 Å². The van der Waals surface area contributed by atoms with Gasteiger partial charge in [-0.3, -0.25) is 9.69 Å². The lowest BCUT2D eigenvalue weighted by Gasteiger charge is -2.26. The Labute approximate surface area is 183 Å². The van der Waals surface area contributed by atoms with Crippen LogP contribution in [0.2, 0.25) is 0 Å². The van der Waals surface area contributed by atoms with Crippen LogP contribution in [0.1, 0.15) is 52.4 Å². The Kier molecular flexibility index (Phi) is 6.59. The lowest BCUT2D eigenvalue weighted by atomic mass is 9.96. The summed E-state index contributed by atoms with van der Waals surface area (Å²) in [6.45, 7) is 5.93. The summed E-state index contributed by atoms with van der Waals surface area (Å²) in [5, 5.41) is 6.04. The maximum Gasteiger partial charge on any atom is 0.324 e. The molecule has 2 heterocycles. The number of nitrogens with one attached hydrogen (secondary N) is 2. The molecule has 4 rings (SSSR count). The number of hydrogen-bond donors (Lipinski definition) is 2. The summed E-state index contributed by atoms with van der Waals surface area (Å²) >= 11 is 0. The van der Waals surface area contributed by atoms with E-state index in [9.17, 15) is 9.59 Å². The maximum absolute atomic E-state index is 13.1. The predicted molar refractivity (Wildman–Crippen MR) is 123 cm³/mol. The molecule has 1 aromatic carbocycles. The smallest absolute Gasteiger partial charge is 0.324 e. The first-order valence-corrected chi connectivity index (χ1v) is 11.6. The highest BCUT2D eigenvalue weighted by atomic mass is 16.2. The summed E-state index contributed by atoms with van der Waals surface area (Å²) in [5.41, 5.74) is 3.34. The molecule has 2 aliphatic rings. The molecule has 0 radical (unpaired) electrons. The molecule has 166 valence electrons. The molecule has 0 fully saturated rings. The highest BCUT2D eigenvalue weighted by molar-refractivity contribution is 5.96. The molecular formula is C24H33N5O2. The standard InChI is InChI=1S/C24H33N5O2/c1-3-17(2)21(22(30)25-14-13-18-9-5-4-6-10-18)27-24(31)29-16-15-28-20-12-8-7-11-19(20)26-23(28)29/h7-9,11-12,17,21H,3-6,10,13-16H2,1-2H3,(H,25,30)(H,27,31)/t17-,21-/m0/s1. The number of benzene rings is 1. The van der Waals surface area contributed by atoms with Crippen LogP contribution in [0, 0.1) is 5.92 Å². The summed E-state index contributed by atoms with van der Waals surface area (Å²) in [7, 11) is 0. The molecule has 1 aliphatic heterocycles. The second kappa shape index (κ2) is 9.54. The van der Waals surface area contributed by atoms with Crippen LogP contribution in [0.25, 0.3) is 11.0 Å². The van der Waals surface area contributed by atoms with Crippen LogP contribution >= 0.6 is 0 Å². The number of carbonyl (C=O) groups excluding carboxylic acids is 2. The van der Waals surface area contributed by atoms with Crippen LogP contribution in [0.3, 0.4) is 0 Å². The topological polar surface area (TPSA) is 79.3 Å². The number of nitrogens with zero attached hydrogens (tertiary/aromatic N) is 3. The van der Waals surface area contributed by atoms with Crippen LogP contribution in [0.15, 0.2) is 35.9 Å². The Bertz CT molecular complexity index is 980. The van der Waals surface area contributed by atoms with Crippen molar-refractivity contribution >= 4 is 28.9 Å². The van der Waals surface area contributed by atoms with Crippen molar-refractivity contribution in [2.24, 2.45) is 5.92 Å². The number of carbonyl (C=O) groups is 2. The van der Waals surface area contributed by atoms with E-state index in [0.717, 1.165) is 36.7 Å². The molecular weight excluding hydrogens is 390 g/mol. The van der Waals surface area contributed by atoms with Gasteiger partial charge in [-0.2, -0.15) is 0 Å². The summed E-state index contributed by atoms with van der Waals surface area (Å²) < 4.78 is 2.06. The fourth-order valence-corrected chi connectivity index (χ4v) is 4.48. The van der Waals surface area contributed by atoms with Crippen molar-refractivity contribution in [2.45, 2.75) is 65.0 Å². The molecule has 1 aromatic heterocycles. The van der Waals surface area contributed by atoms with E-state index < -0.39 is 6.04 Å². The van der Waals surface area contributed by atoms with E-state index in [1.165, 1.54) is 18.4 Å². The number of fused-ring (bicyclic) bond motifs is 3. The number of aromatic nitrogens is 2. The zero-order valence-electron chi connectivity index (χ0n) is 18.6. The molecule has 7 heteroatoms. The Morgan fingerprint density at radius 1 is 1.19 bits per heavy atom. The summed E-state index contributed by atoms with van der Waals surface area (Å²) in [5.74, 6) is 0.581. The number of allylic oxidation sites excluding steroid dienone is 1. The fraction of sp³-hybridized carbons (Fsp3) is 0.542. The molecule has 31 heavy (non-hydrogen) atoms. The number of anilines is 1. The first-order chi connectivity index (χ1) is 15.1. The summed E-state index contributed by atoms with van der Waals surface area (Å²) in [4.78, 5) is 32.3. The first-order valence-electron chi connectivity index (χ1n) is 11.6. The molecule has 0 spiro atoms. The second-order valence-electron chi connectivity index (χ2n) is 8.67. The van der Waals surface area contributed by atoms with Crippen molar-refractivity contribution in [3.63, 3.8) is 0 Å². The largest absolute Gasteiger partial charge is 0.354 e. The van der Waals surface area contributed by atoms with Crippen LogP contribution in [0.4, 0.5) is 10.7 Å². The lowest BCUT2D eigenvalue weighted by molar-refractivity contribution is -0.124. The van der Waals surface area contributed by atoms with E-state index in [-0.39, 0.29) is 17.9 Å². The van der Waals surface area contributed by atoms with Gasteiger partial charge in [0.05, 0.1) is 11.0 Å². The van der Waals surface area contributed by atoms with Gasteiger partial charge in [0.15, 0.2) is 0 Å². The minimum atomic E-state index is -0.559. The van der Waals surface area contributed by atoms with Crippen LogP contribution in [-0.2, 0) is 11.3 Å². The molecule has 0 unspecified atom stereocenters. The van der Waals surface area contributed by atoms with E-state index >= 15 is 0 Å². The normalized spacial score (nSPS) is 17.7. The quantitative estimate of drug-likeness (QED) is 0.661. The average Bonchev–Trinajstić information content (AvgIpc) is 3.37. The van der Waals surface area contributed by atoms with Crippen molar-refractivity contribution in [3.8, 4) is 0 Å². The van der Waals surface area contributed by atoms with Gasteiger partial charge in [0.1, 0.15) is 6.04 Å². The zero-order valence-corrected chi connectivity index (χ0v) is 18.6. The van der Waals surface area contributed by atoms with E-state index in [2.05, 4.69) is 26.3 Å². The number of amides is 3. The number of para-hydroxylation sites is 2. The molecule has 0 bridgehead atoms. The van der Waals surface area contributed by atoms with Gasteiger partial charge in [0.25, 0.3) is 0 Å². The minimum Gasteiger partial charge on any atom is -0.354 e. The average molecular weight is 424 g/mol. The van der Waals surface area contributed by atoms with Crippen LogP contribution in [0.5, 0.6) is 0 Å². The van der Waals surface area contributed by atoms with Gasteiger partial charge in [-0.25, -0.2) is 9.78 Å². The molecule has 2 aromatic rings. The lowest BCUT2D eigenvalue weighted by Crippen LogP contribution is -2.54. The molecule has 1 aliphatic carbocycles. The van der Waals surface area contributed by atoms with Gasteiger partial charge in [-0.15, -0.1) is 0 Å². The van der Waals surface area contributed by atoms with E-state index in [0.29, 0.717) is 25.6 Å². The monoisotopic (exact) mass is 423 g/mol. The SMILES string of the molecule is CC[C@H](C)[C@H](NC(=O)N1CCn2c1nc1ccccc12)C(=O)NCCC1=CCCCC1. The van der Waals surface area contributed by atoms with E-state index in [4.69, 9.17) is 0 Å². The fourth-order valence-electron chi connectivity index (χ4n) is 4.48. The third kappa shape index (κ3) is 4.60. The summed E-state index contributed by atoms with van der Waals surface area (Å²) in [6, 6.07) is 7.08. The van der Waals surface area contributed by atoms with Gasteiger partial charge < -0.3 is 15.2 Å². The third-order valence-corrected chi connectivity index (χ3v) is 6.57. The molecule has 7 nitrogen and oxygen atoms in total. The Morgan fingerprint density at radius 2 is 2.03 bits per heavy atom. The van der Waals surface area contributed by atoms with Gasteiger partial charge in [0.2, 0.25) is 11.9 Å². The maximum atomic E-state index is 13.1. The highest BCUT2D eigenvalue weighted by Gasteiger charge is 2.32.